The van der Waals surface area contributed by atoms with E-state index in [9.17, 15) is 14.7 Å². The smallest absolute Gasteiger partial charge is 0.225 e. The van der Waals surface area contributed by atoms with Gasteiger partial charge in [-0.2, -0.15) is 0 Å². The molecule has 3 atom stereocenters. The van der Waals surface area contributed by atoms with Crippen LogP contribution in [-0.2, 0) is 9.59 Å². The Kier molecular flexibility index (Phi) is 6.41. The molecular weight excluding hydrogens is 280 g/mol. The minimum atomic E-state index is -0.483. The molecule has 0 saturated carbocycles. The van der Waals surface area contributed by atoms with Gasteiger partial charge in [0, 0.05) is 36.9 Å². The number of likely N-dealkylation sites (tertiary alicyclic amines) is 1. The normalized spacial score (nSPS) is 24.3. The van der Waals surface area contributed by atoms with E-state index in [2.05, 4.69) is 5.32 Å². The van der Waals surface area contributed by atoms with Crippen molar-refractivity contribution in [3.8, 4) is 0 Å². The number of rotatable bonds is 4. The molecular formula is C17H32N2O3. The van der Waals surface area contributed by atoms with Crippen LogP contribution in [0.5, 0.6) is 0 Å². The van der Waals surface area contributed by atoms with Gasteiger partial charge in [-0.1, -0.05) is 34.6 Å². The molecule has 0 radical (unpaired) electrons. The molecule has 0 bridgehead atoms. The van der Waals surface area contributed by atoms with E-state index < -0.39 is 11.5 Å². The number of hydrogen-bond donors (Lipinski definition) is 2. The van der Waals surface area contributed by atoms with Crippen molar-refractivity contribution in [2.45, 2.75) is 66.5 Å². The Morgan fingerprint density at radius 1 is 1.23 bits per heavy atom. The molecule has 1 fully saturated rings. The van der Waals surface area contributed by atoms with Crippen LogP contribution in [-0.4, -0.2) is 47.1 Å². The SMILES string of the molecule is CC(C)CC(=O)N1CC(NC(=O)C(C)(C)C)CC(C(C)O)C1. The average molecular weight is 312 g/mol. The second-order valence-electron chi connectivity index (χ2n) is 8.05. The Bertz CT molecular complexity index is 399. The maximum absolute atomic E-state index is 12.3. The highest BCUT2D eigenvalue weighted by Gasteiger charge is 2.34. The van der Waals surface area contributed by atoms with Crippen LogP contribution >= 0.6 is 0 Å². The van der Waals surface area contributed by atoms with Gasteiger partial charge in [-0.25, -0.2) is 0 Å². The summed E-state index contributed by atoms with van der Waals surface area (Å²) in [6, 6.07) is -0.0869. The molecule has 3 unspecified atom stereocenters. The summed E-state index contributed by atoms with van der Waals surface area (Å²) in [7, 11) is 0. The number of aliphatic hydroxyl groups is 1. The predicted molar refractivity (Wildman–Crippen MR) is 87.2 cm³/mol. The third-order valence-corrected chi connectivity index (χ3v) is 4.12. The van der Waals surface area contributed by atoms with Gasteiger partial charge in [-0.05, 0) is 19.3 Å². The van der Waals surface area contributed by atoms with Gasteiger partial charge in [-0.15, -0.1) is 0 Å². The molecule has 1 saturated heterocycles. The molecule has 0 aliphatic carbocycles. The second-order valence-corrected chi connectivity index (χ2v) is 8.05. The van der Waals surface area contributed by atoms with Crippen LogP contribution in [0, 0.1) is 17.3 Å². The summed E-state index contributed by atoms with van der Waals surface area (Å²) < 4.78 is 0. The molecule has 0 aromatic heterocycles. The molecule has 128 valence electrons. The summed E-state index contributed by atoms with van der Waals surface area (Å²) in [5, 5.41) is 13.0. The first-order valence-electron chi connectivity index (χ1n) is 8.27. The van der Waals surface area contributed by atoms with E-state index in [-0.39, 0.29) is 23.8 Å². The quantitative estimate of drug-likeness (QED) is 0.831. The molecule has 0 aromatic rings. The van der Waals surface area contributed by atoms with Gasteiger partial charge < -0.3 is 15.3 Å². The first-order valence-corrected chi connectivity index (χ1v) is 8.27. The fraction of sp³-hybridized carbons (Fsp3) is 0.882. The van der Waals surface area contributed by atoms with Gasteiger partial charge in [0.05, 0.1) is 6.10 Å². The topological polar surface area (TPSA) is 69.6 Å². The molecule has 1 rings (SSSR count). The van der Waals surface area contributed by atoms with Crippen LogP contribution in [0.1, 0.15) is 54.4 Å². The minimum absolute atomic E-state index is 0.00938. The first-order chi connectivity index (χ1) is 10.0. The largest absolute Gasteiger partial charge is 0.393 e. The lowest BCUT2D eigenvalue weighted by atomic mass is 9.88. The molecule has 2 amide bonds. The zero-order chi connectivity index (χ0) is 17.1. The Hall–Kier alpha value is -1.10. The summed E-state index contributed by atoms with van der Waals surface area (Å²) in [5.41, 5.74) is -0.454. The predicted octanol–water partition coefficient (Wildman–Crippen LogP) is 1.79. The number of amides is 2. The third-order valence-electron chi connectivity index (χ3n) is 4.12. The average Bonchev–Trinajstić information content (AvgIpc) is 2.36. The number of carbonyl (C=O) groups excluding carboxylic acids is 2. The second kappa shape index (κ2) is 7.44. The van der Waals surface area contributed by atoms with Crippen molar-refractivity contribution in [1.29, 1.82) is 0 Å². The van der Waals surface area contributed by atoms with Crippen LogP contribution in [0.3, 0.4) is 0 Å². The van der Waals surface area contributed by atoms with Gasteiger partial charge in [0.25, 0.3) is 0 Å². The van der Waals surface area contributed by atoms with Crippen molar-refractivity contribution in [2.24, 2.45) is 17.3 Å². The number of nitrogens with zero attached hydrogens (tertiary/aromatic N) is 1. The molecule has 5 nitrogen and oxygen atoms in total. The van der Waals surface area contributed by atoms with Crippen molar-refractivity contribution in [2.75, 3.05) is 13.1 Å². The molecule has 0 aromatic carbocycles. The number of carbonyl (C=O) groups is 2. The molecule has 1 heterocycles. The van der Waals surface area contributed by atoms with E-state index in [0.29, 0.717) is 31.8 Å². The van der Waals surface area contributed by atoms with Crippen molar-refractivity contribution in [3.05, 3.63) is 0 Å². The standard InChI is InChI=1S/C17H32N2O3/c1-11(2)7-15(21)19-9-13(12(3)20)8-14(10-19)18-16(22)17(4,5)6/h11-14,20H,7-10H2,1-6H3,(H,18,22). The van der Waals surface area contributed by atoms with Gasteiger partial charge in [0.1, 0.15) is 0 Å². The third kappa shape index (κ3) is 5.59. The summed E-state index contributed by atoms with van der Waals surface area (Å²) >= 11 is 0. The zero-order valence-corrected chi connectivity index (χ0v) is 14.8. The highest BCUT2D eigenvalue weighted by Crippen LogP contribution is 2.23. The molecule has 2 N–H and O–H groups in total. The maximum atomic E-state index is 12.3. The Morgan fingerprint density at radius 2 is 1.82 bits per heavy atom. The monoisotopic (exact) mass is 312 g/mol. The number of nitrogens with one attached hydrogen (secondary N) is 1. The first kappa shape index (κ1) is 18.9. The van der Waals surface area contributed by atoms with Crippen molar-refractivity contribution < 1.29 is 14.7 Å². The van der Waals surface area contributed by atoms with Crippen molar-refractivity contribution >= 4 is 11.8 Å². The fourth-order valence-corrected chi connectivity index (χ4v) is 2.68. The molecule has 1 aliphatic heterocycles. The van der Waals surface area contributed by atoms with Crippen molar-refractivity contribution in [3.63, 3.8) is 0 Å². The summed E-state index contributed by atoms with van der Waals surface area (Å²) in [6.07, 6.45) is 0.737. The van der Waals surface area contributed by atoms with E-state index in [1.165, 1.54) is 0 Å². The van der Waals surface area contributed by atoms with Gasteiger partial charge in [0.15, 0.2) is 0 Å². The zero-order valence-electron chi connectivity index (χ0n) is 14.8. The number of hydrogen-bond acceptors (Lipinski definition) is 3. The summed E-state index contributed by atoms with van der Waals surface area (Å²) in [4.78, 5) is 26.3. The molecule has 5 heteroatoms. The fourth-order valence-electron chi connectivity index (χ4n) is 2.68. The Morgan fingerprint density at radius 3 is 2.27 bits per heavy atom. The lowest BCUT2D eigenvalue weighted by Gasteiger charge is -2.40. The van der Waals surface area contributed by atoms with Crippen LogP contribution in [0.25, 0.3) is 0 Å². The molecule has 22 heavy (non-hydrogen) atoms. The lowest BCUT2D eigenvalue weighted by Crippen LogP contribution is -2.55. The highest BCUT2D eigenvalue weighted by molar-refractivity contribution is 5.82. The number of piperidine rings is 1. The minimum Gasteiger partial charge on any atom is -0.393 e. The van der Waals surface area contributed by atoms with E-state index in [1.807, 2.05) is 34.6 Å². The van der Waals surface area contributed by atoms with E-state index in [0.717, 1.165) is 0 Å². The Balaban J connectivity index is 2.77. The maximum Gasteiger partial charge on any atom is 0.225 e. The Labute approximate surface area is 134 Å². The molecule has 1 aliphatic rings. The highest BCUT2D eigenvalue weighted by atomic mass is 16.3. The van der Waals surface area contributed by atoms with E-state index in [1.54, 1.807) is 11.8 Å². The summed E-state index contributed by atoms with van der Waals surface area (Å²) in [6.45, 7) is 12.5. The van der Waals surface area contributed by atoms with E-state index >= 15 is 0 Å². The van der Waals surface area contributed by atoms with Crippen LogP contribution in [0.15, 0.2) is 0 Å². The van der Waals surface area contributed by atoms with Gasteiger partial charge in [-0.3, -0.25) is 9.59 Å². The van der Waals surface area contributed by atoms with Crippen LogP contribution in [0.2, 0.25) is 0 Å². The van der Waals surface area contributed by atoms with E-state index in [4.69, 9.17) is 0 Å². The lowest BCUT2D eigenvalue weighted by molar-refractivity contribution is -0.137. The van der Waals surface area contributed by atoms with Crippen molar-refractivity contribution in [1.82, 2.24) is 10.2 Å². The van der Waals surface area contributed by atoms with Crippen LogP contribution in [0.4, 0.5) is 0 Å². The molecule has 0 spiro atoms. The van der Waals surface area contributed by atoms with Gasteiger partial charge in [0.2, 0.25) is 11.8 Å². The number of aliphatic hydroxyl groups excluding tert-OH is 1. The summed E-state index contributed by atoms with van der Waals surface area (Å²) in [5.74, 6) is 0.410. The van der Waals surface area contributed by atoms with Crippen LogP contribution < -0.4 is 5.32 Å². The van der Waals surface area contributed by atoms with Gasteiger partial charge >= 0.3 is 0 Å².